The maximum atomic E-state index is 12.6. The van der Waals surface area contributed by atoms with E-state index >= 15 is 0 Å². The fourth-order valence-corrected chi connectivity index (χ4v) is 2.43. The molecule has 0 aromatic carbocycles. The van der Waals surface area contributed by atoms with E-state index in [0.717, 1.165) is 6.42 Å². The molecule has 0 aromatic rings. The first-order chi connectivity index (χ1) is 7.45. The van der Waals surface area contributed by atoms with E-state index in [9.17, 15) is 17.1 Å². The largest absolute Gasteiger partial charge is 0.396 e. The van der Waals surface area contributed by atoms with Gasteiger partial charge in [0.1, 0.15) is 5.25 Å². The molecule has 1 heterocycles. The molecule has 1 fully saturated rings. The lowest BCUT2D eigenvalue weighted by Gasteiger charge is -2.15. The summed E-state index contributed by atoms with van der Waals surface area (Å²) < 4.78 is 33.9. The summed E-state index contributed by atoms with van der Waals surface area (Å²) in [5.41, 5.74) is 0. The molecule has 0 spiro atoms. The molecule has 16 heavy (non-hydrogen) atoms. The van der Waals surface area contributed by atoms with E-state index in [1.54, 1.807) is 0 Å². The van der Waals surface area contributed by atoms with Crippen LogP contribution in [0.15, 0.2) is 0 Å². The van der Waals surface area contributed by atoms with E-state index in [0.29, 0.717) is 19.4 Å². The average molecular weight is 253 g/mol. The van der Waals surface area contributed by atoms with Crippen LogP contribution in [0, 0.1) is 0 Å². The van der Waals surface area contributed by atoms with Crippen LogP contribution in [-0.2, 0) is 15.0 Å². The van der Waals surface area contributed by atoms with Crippen molar-refractivity contribution in [3.63, 3.8) is 0 Å². The van der Waals surface area contributed by atoms with Gasteiger partial charge in [0.25, 0.3) is 0 Å². The molecule has 0 aliphatic carbocycles. The first-order valence-electron chi connectivity index (χ1n) is 5.27. The van der Waals surface area contributed by atoms with E-state index in [-0.39, 0.29) is 25.5 Å². The van der Waals surface area contributed by atoms with Gasteiger partial charge in [0.2, 0.25) is 5.91 Å². The Balaban J connectivity index is 2.37. The van der Waals surface area contributed by atoms with Crippen LogP contribution in [0.25, 0.3) is 0 Å². The average Bonchev–Trinajstić information content (AvgIpc) is 2.55. The van der Waals surface area contributed by atoms with E-state index in [2.05, 4.69) is 0 Å². The number of unbranched alkanes of at least 4 members (excludes halogenated alkanes) is 2. The summed E-state index contributed by atoms with van der Waals surface area (Å²) in [5, 5.41) is 7.35. The van der Waals surface area contributed by atoms with Gasteiger partial charge in [-0.25, -0.2) is 0 Å². The van der Waals surface area contributed by atoms with E-state index < -0.39 is 15.5 Å². The first kappa shape index (κ1) is 13.4. The molecule has 0 bridgehead atoms. The quantitative estimate of drug-likeness (QED) is 0.536. The van der Waals surface area contributed by atoms with E-state index in [1.165, 1.54) is 4.90 Å². The number of likely N-dealkylation sites (tertiary alicyclic amines) is 1. The van der Waals surface area contributed by atoms with Gasteiger partial charge in [-0.1, -0.05) is 0 Å². The minimum Gasteiger partial charge on any atom is -0.396 e. The third-order valence-electron chi connectivity index (χ3n) is 2.66. The van der Waals surface area contributed by atoms with Crippen molar-refractivity contribution in [2.75, 3.05) is 19.7 Å². The van der Waals surface area contributed by atoms with Crippen LogP contribution in [0.4, 0.5) is 3.89 Å². The number of hydrogen-bond acceptors (Lipinski definition) is 4. The molecule has 1 aliphatic rings. The minimum absolute atomic E-state index is 0.0448. The van der Waals surface area contributed by atoms with E-state index in [1.807, 2.05) is 0 Å². The topological polar surface area (TPSA) is 74.7 Å². The van der Waals surface area contributed by atoms with Crippen molar-refractivity contribution in [2.45, 2.75) is 30.9 Å². The Hall–Kier alpha value is -0.690. The zero-order chi connectivity index (χ0) is 12.2. The molecule has 0 aromatic heterocycles. The van der Waals surface area contributed by atoms with Crippen molar-refractivity contribution in [1.82, 2.24) is 4.90 Å². The van der Waals surface area contributed by atoms with Gasteiger partial charge in [-0.15, -0.1) is 3.89 Å². The number of aliphatic hydroxyl groups is 1. The second kappa shape index (κ2) is 5.58. The summed E-state index contributed by atoms with van der Waals surface area (Å²) in [6.07, 6.45) is 1.88. The second-order valence-corrected chi connectivity index (χ2v) is 5.54. The lowest BCUT2D eigenvalue weighted by Crippen LogP contribution is -2.28. The number of carbonyl (C=O) groups excluding carboxylic acids is 1. The summed E-state index contributed by atoms with van der Waals surface area (Å²) in [6, 6.07) is 0. The van der Waals surface area contributed by atoms with Crippen LogP contribution in [-0.4, -0.2) is 49.3 Å². The molecular formula is C9H16FNO4S. The van der Waals surface area contributed by atoms with Crippen molar-refractivity contribution >= 4 is 16.1 Å². The van der Waals surface area contributed by atoms with Gasteiger partial charge in [-0.05, 0) is 19.3 Å². The standard InChI is InChI=1S/C9H16FNO4S/c10-16(14,15)8-6-9(13)11(7-8)4-2-1-3-5-12/h8,12H,1-7H2. The molecule has 7 heteroatoms. The molecule has 1 aliphatic heterocycles. The molecular weight excluding hydrogens is 237 g/mol. The van der Waals surface area contributed by atoms with Gasteiger partial charge < -0.3 is 10.0 Å². The van der Waals surface area contributed by atoms with Crippen LogP contribution in [0.3, 0.4) is 0 Å². The summed E-state index contributed by atoms with van der Waals surface area (Å²) in [7, 11) is -4.61. The summed E-state index contributed by atoms with van der Waals surface area (Å²) >= 11 is 0. The van der Waals surface area contributed by atoms with Crippen molar-refractivity contribution in [1.29, 1.82) is 0 Å². The molecule has 0 saturated carbocycles. The fourth-order valence-electron chi connectivity index (χ4n) is 1.73. The molecule has 0 radical (unpaired) electrons. The van der Waals surface area contributed by atoms with Crippen molar-refractivity contribution < 1.29 is 22.2 Å². The molecule has 94 valence electrons. The Morgan fingerprint density at radius 2 is 2.06 bits per heavy atom. The smallest absolute Gasteiger partial charge is 0.307 e. The predicted molar refractivity (Wildman–Crippen MR) is 55.9 cm³/mol. The molecule has 1 saturated heterocycles. The normalized spacial score (nSPS) is 21.8. The summed E-state index contributed by atoms with van der Waals surface area (Å²) in [5.74, 6) is -0.310. The number of rotatable bonds is 6. The van der Waals surface area contributed by atoms with Gasteiger partial charge in [-0.3, -0.25) is 4.79 Å². The van der Waals surface area contributed by atoms with Crippen LogP contribution in [0.5, 0.6) is 0 Å². The second-order valence-electron chi connectivity index (χ2n) is 3.93. The number of hydrogen-bond donors (Lipinski definition) is 1. The highest BCUT2D eigenvalue weighted by atomic mass is 32.3. The zero-order valence-corrected chi connectivity index (χ0v) is 9.75. The number of carbonyl (C=O) groups is 1. The molecule has 1 atom stereocenters. The number of halogens is 1. The zero-order valence-electron chi connectivity index (χ0n) is 8.93. The Morgan fingerprint density at radius 3 is 2.56 bits per heavy atom. The van der Waals surface area contributed by atoms with Crippen molar-refractivity contribution in [2.24, 2.45) is 0 Å². The Labute approximate surface area is 94.5 Å². The van der Waals surface area contributed by atoms with Crippen LogP contribution >= 0.6 is 0 Å². The van der Waals surface area contributed by atoms with E-state index in [4.69, 9.17) is 5.11 Å². The molecule has 5 nitrogen and oxygen atoms in total. The monoisotopic (exact) mass is 253 g/mol. The highest BCUT2D eigenvalue weighted by Crippen LogP contribution is 2.20. The number of nitrogens with zero attached hydrogens (tertiary/aromatic N) is 1. The first-order valence-corrected chi connectivity index (χ1v) is 6.72. The maximum Gasteiger partial charge on any atom is 0.307 e. The lowest BCUT2D eigenvalue weighted by atomic mass is 10.2. The van der Waals surface area contributed by atoms with Crippen molar-refractivity contribution in [3.05, 3.63) is 0 Å². The van der Waals surface area contributed by atoms with Gasteiger partial charge in [0.15, 0.2) is 0 Å². The SMILES string of the molecule is O=C1CC(S(=O)(=O)F)CN1CCCCCO. The fraction of sp³-hybridized carbons (Fsp3) is 0.889. The third-order valence-corrected chi connectivity index (χ3v) is 3.78. The predicted octanol–water partition coefficient (Wildman–Crippen LogP) is 0.0492. The van der Waals surface area contributed by atoms with Crippen LogP contribution < -0.4 is 0 Å². The minimum atomic E-state index is -4.61. The number of aliphatic hydroxyl groups excluding tert-OH is 1. The lowest BCUT2D eigenvalue weighted by molar-refractivity contribution is -0.127. The van der Waals surface area contributed by atoms with Crippen molar-refractivity contribution in [3.8, 4) is 0 Å². The summed E-state index contributed by atoms with van der Waals surface area (Å²) in [4.78, 5) is 12.7. The summed E-state index contributed by atoms with van der Waals surface area (Å²) in [6.45, 7) is 0.497. The van der Waals surface area contributed by atoms with Gasteiger partial charge in [0, 0.05) is 26.1 Å². The number of amides is 1. The Morgan fingerprint density at radius 1 is 1.38 bits per heavy atom. The maximum absolute atomic E-state index is 12.6. The molecule has 1 N–H and O–H groups in total. The molecule has 1 rings (SSSR count). The van der Waals surface area contributed by atoms with Gasteiger partial charge in [0.05, 0.1) is 0 Å². The Bertz CT molecular complexity index is 343. The van der Waals surface area contributed by atoms with Gasteiger partial charge >= 0.3 is 10.2 Å². The highest BCUT2D eigenvalue weighted by molar-refractivity contribution is 7.87. The van der Waals surface area contributed by atoms with Crippen LogP contribution in [0.1, 0.15) is 25.7 Å². The molecule has 1 amide bonds. The third kappa shape index (κ3) is 3.71. The van der Waals surface area contributed by atoms with Gasteiger partial charge in [-0.2, -0.15) is 8.42 Å². The molecule has 1 unspecified atom stereocenters. The van der Waals surface area contributed by atoms with Crippen LogP contribution in [0.2, 0.25) is 0 Å². The highest BCUT2D eigenvalue weighted by Gasteiger charge is 2.37. The Kier molecular flexibility index (Phi) is 4.67.